The molecule has 0 aliphatic rings. The van der Waals surface area contributed by atoms with Gasteiger partial charge in [0.1, 0.15) is 23.9 Å². The molecule has 4 aromatic rings. The molecule has 1 heterocycles. The van der Waals surface area contributed by atoms with Crippen molar-refractivity contribution in [3.05, 3.63) is 83.9 Å². The number of methoxy groups -OCH3 is 2. The van der Waals surface area contributed by atoms with Gasteiger partial charge in [0.2, 0.25) is 5.91 Å². The van der Waals surface area contributed by atoms with Crippen LogP contribution in [0.1, 0.15) is 13.3 Å². The maximum atomic E-state index is 13.2. The van der Waals surface area contributed by atoms with Crippen LogP contribution in [0.2, 0.25) is 5.02 Å². The Morgan fingerprint density at radius 2 is 1.59 bits per heavy atom. The molecule has 0 aliphatic carbocycles. The Kier molecular flexibility index (Phi) is 9.06. The highest BCUT2D eigenvalue weighted by atomic mass is 35.5. The quantitative estimate of drug-likeness (QED) is 0.250. The van der Waals surface area contributed by atoms with E-state index in [4.69, 9.17) is 26.2 Å². The number of halogens is 1. The predicted octanol–water partition coefficient (Wildman–Crippen LogP) is 6.09. The zero-order valence-corrected chi connectivity index (χ0v) is 22.7. The number of nitrogens with one attached hydrogen (secondary N) is 2. The molecule has 0 unspecified atom stereocenters. The van der Waals surface area contributed by atoms with E-state index in [0.29, 0.717) is 46.7 Å². The molecule has 1 aromatic heterocycles. The monoisotopic (exact) mass is 547 g/mol. The van der Waals surface area contributed by atoms with Crippen LogP contribution in [-0.4, -0.2) is 53.9 Å². The van der Waals surface area contributed by atoms with Crippen molar-refractivity contribution < 1.29 is 19.1 Å². The summed E-state index contributed by atoms with van der Waals surface area (Å²) in [5, 5.41) is 11.1. The number of hydrogen-bond donors (Lipinski definition) is 2. The SMILES string of the molecule is CCCN(CC(=O)Nc1cc(-c2ccccc2)nn1-c1ccc(Cl)cc1)C(=O)Nc1cc(OC)cc(OC)c1. The molecule has 3 aromatic carbocycles. The molecular formula is C29H30ClN5O4. The lowest BCUT2D eigenvalue weighted by atomic mass is 10.1. The summed E-state index contributed by atoms with van der Waals surface area (Å²) in [6.07, 6.45) is 0.670. The Hall–Kier alpha value is -4.50. The fourth-order valence-electron chi connectivity index (χ4n) is 3.96. The number of hydrogen-bond acceptors (Lipinski definition) is 5. The lowest BCUT2D eigenvalue weighted by Gasteiger charge is -2.22. The van der Waals surface area contributed by atoms with Crippen molar-refractivity contribution in [2.45, 2.75) is 13.3 Å². The van der Waals surface area contributed by atoms with Crippen LogP contribution >= 0.6 is 11.6 Å². The van der Waals surface area contributed by atoms with Crippen LogP contribution in [0.3, 0.4) is 0 Å². The second-order valence-corrected chi connectivity index (χ2v) is 9.11. The number of urea groups is 1. The number of ether oxygens (including phenoxy) is 2. The molecular weight excluding hydrogens is 518 g/mol. The number of amides is 3. The molecule has 0 saturated heterocycles. The van der Waals surface area contributed by atoms with Gasteiger partial charge in [-0.05, 0) is 30.7 Å². The van der Waals surface area contributed by atoms with Gasteiger partial charge in [-0.15, -0.1) is 0 Å². The van der Waals surface area contributed by atoms with Crippen molar-refractivity contribution in [1.82, 2.24) is 14.7 Å². The summed E-state index contributed by atoms with van der Waals surface area (Å²) in [5.74, 6) is 1.18. The van der Waals surface area contributed by atoms with E-state index in [1.807, 2.05) is 49.4 Å². The minimum absolute atomic E-state index is 0.159. The van der Waals surface area contributed by atoms with Gasteiger partial charge in [-0.1, -0.05) is 48.9 Å². The van der Waals surface area contributed by atoms with Crippen molar-refractivity contribution in [1.29, 1.82) is 0 Å². The van der Waals surface area contributed by atoms with Crippen molar-refractivity contribution >= 4 is 35.0 Å². The first-order valence-corrected chi connectivity index (χ1v) is 12.8. The number of rotatable bonds is 10. The van der Waals surface area contributed by atoms with Gasteiger partial charge in [0.25, 0.3) is 0 Å². The Morgan fingerprint density at radius 3 is 2.21 bits per heavy atom. The average Bonchev–Trinajstić information content (AvgIpc) is 3.36. The number of carbonyl (C=O) groups excluding carboxylic acids is 2. The van der Waals surface area contributed by atoms with Gasteiger partial charge in [0.15, 0.2) is 0 Å². The van der Waals surface area contributed by atoms with Crippen molar-refractivity contribution in [3.63, 3.8) is 0 Å². The van der Waals surface area contributed by atoms with Crippen LogP contribution in [0.5, 0.6) is 11.5 Å². The molecule has 39 heavy (non-hydrogen) atoms. The molecule has 0 saturated carbocycles. The standard InChI is InChI=1S/C29H30ClN5O4/c1-4-14-34(29(37)31-22-15-24(38-2)17-25(16-22)39-3)19-28(36)32-27-18-26(20-8-6-5-7-9-20)33-35(27)23-12-10-21(30)11-13-23/h5-13,15-18H,4,14,19H2,1-3H3,(H,31,37)(H,32,36). The van der Waals surface area contributed by atoms with E-state index < -0.39 is 6.03 Å². The second kappa shape index (κ2) is 12.8. The summed E-state index contributed by atoms with van der Waals surface area (Å²) in [7, 11) is 3.07. The average molecular weight is 548 g/mol. The lowest BCUT2D eigenvalue weighted by Crippen LogP contribution is -2.41. The van der Waals surface area contributed by atoms with Crippen LogP contribution in [0, 0.1) is 0 Å². The third-order valence-electron chi connectivity index (χ3n) is 5.84. The first-order chi connectivity index (χ1) is 18.9. The summed E-state index contributed by atoms with van der Waals surface area (Å²) < 4.78 is 12.2. The smallest absolute Gasteiger partial charge is 0.322 e. The molecule has 0 bridgehead atoms. The first-order valence-electron chi connectivity index (χ1n) is 12.4. The fraction of sp³-hybridized carbons (Fsp3) is 0.207. The van der Waals surface area contributed by atoms with E-state index >= 15 is 0 Å². The Bertz CT molecular complexity index is 1400. The van der Waals surface area contributed by atoms with Gasteiger partial charge in [0, 0.05) is 47.1 Å². The highest BCUT2D eigenvalue weighted by molar-refractivity contribution is 6.30. The normalized spacial score (nSPS) is 10.6. The van der Waals surface area contributed by atoms with E-state index in [0.717, 1.165) is 11.3 Å². The van der Waals surface area contributed by atoms with Crippen LogP contribution < -0.4 is 20.1 Å². The van der Waals surface area contributed by atoms with Gasteiger partial charge in [-0.3, -0.25) is 4.79 Å². The van der Waals surface area contributed by atoms with Crippen molar-refractivity contribution in [2.75, 3.05) is 37.9 Å². The third-order valence-corrected chi connectivity index (χ3v) is 6.09. The molecule has 0 radical (unpaired) electrons. The number of anilines is 2. The van der Waals surface area contributed by atoms with Crippen molar-refractivity contribution in [2.24, 2.45) is 0 Å². The minimum Gasteiger partial charge on any atom is -0.497 e. The van der Waals surface area contributed by atoms with Gasteiger partial charge >= 0.3 is 6.03 Å². The van der Waals surface area contributed by atoms with Gasteiger partial charge < -0.3 is 25.0 Å². The van der Waals surface area contributed by atoms with Crippen LogP contribution in [-0.2, 0) is 4.79 Å². The maximum absolute atomic E-state index is 13.2. The zero-order valence-electron chi connectivity index (χ0n) is 22.0. The second-order valence-electron chi connectivity index (χ2n) is 8.67. The summed E-state index contributed by atoms with van der Waals surface area (Å²) in [4.78, 5) is 27.8. The summed E-state index contributed by atoms with van der Waals surface area (Å²) in [5.41, 5.74) is 2.82. The van der Waals surface area contributed by atoms with Crippen LogP contribution in [0.15, 0.2) is 78.9 Å². The molecule has 10 heteroatoms. The summed E-state index contributed by atoms with van der Waals surface area (Å²) >= 11 is 6.08. The molecule has 9 nitrogen and oxygen atoms in total. The van der Waals surface area contributed by atoms with E-state index in [1.165, 1.54) is 19.1 Å². The zero-order chi connectivity index (χ0) is 27.8. The predicted molar refractivity (Wildman–Crippen MR) is 153 cm³/mol. The lowest BCUT2D eigenvalue weighted by molar-refractivity contribution is -0.116. The maximum Gasteiger partial charge on any atom is 0.322 e. The summed E-state index contributed by atoms with van der Waals surface area (Å²) in [6, 6.07) is 23.3. The van der Waals surface area contributed by atoms with Crippen LogP contribution in [0.4, 0.5) is 16.3 Å². The molecule has 4 rings (SSSR count). The Balaban J connectivity index is 1.54. The van der Waals surface area contributed by atoms with Gasteiger partial charge in [0.05, 0.1) is 25.6 Å². The first kappa shape index (κ1) is 27.5. The Labute approximate surface area is 232 Å². The summed E-state index contributed by atoms with van der Waals surface area (Å²) in [6.45, 7) is 2.16. The highest BCUT2D eigenvalue weighted by Gasteiger charge is 2.20. The van der Waals surface area contributed by atoms with E-state index in [9.17, 15) is 9.59 Å². The number of nitrogens with zero attached hydrogens (tertiary/aromatic N) is 3. The molecule has 0 atom stereocenters. The molecule has 3 amide bonds. The molecule has 0 fully saturated rings. The largest absolute Gasteiger partial charge is 0.497 e. The number of aromatic nitrogens is 2. The van der Waals surface area contributed by atoms with E-state index in [2.05, 4.69) is 10.6 Å². The topological polar surface area (TPSA) is 97.7 Å². The molecule has 202 valence electrons. The molecule has 0 aliphatic heterocycles. The van der Waals surface area contributed by atoms with Crippen molar-refractivity contribution in [3.8, 4) is 28.4 Å². The third kappa shape index (κ3) is 7.08. The number of benzene rings is 3. The van der Waals surface area contributed by atoms with Gasteiger partial charge in [-0.25, -0.2) is 9.48 Å². The van der Waals surface area contributed by atoms with Gasteiger partial charge in [-0.2, -0.15) is 5.10 Å². The number of carbonyl (C=O) groups is 2. The molecule has 2 N–H and O–H groups in total. The Morgan fingerprint density at radius 1 is 0.923 bits per heavy atom. The van der Waals surface area contributed by atoms with Crippen LogP contribution in [0.25, 0.3) is 16.9 Å². The highest BCUT2D eigenvalue weighted by Crippen LogP contribution is 2.27. The fourth-order valence-corrected chi connectivity index (χ4v) is 4.09. The minimum atomic E-state index is -0.418. The molecule has 0 spiro atoms. The van der Waals surface area contributed by atoms with E-state index in [-0.39, 0.29) is 12.5 Å². The van der Waals surface area contributed by atoms with E-state index in [1.54, 1.807) is 41.1 Å².